The van der Waals surface area contributed by atoms with Crippen LogP contribution in [0.25, 0.3) is 0 Å². The molecule has 9 heteroatoms. The van der Waals surface area contributed by atoms with E-state index < -0.39 is 5.97 Å². The van der Waals surface area contributed by atoms with Crippen LogP contribution in [0, 0.1) is 5.41 Å². The highest BCUT2D eigenvalue weighted by molar-refractivity contribution is 6.31. The number of hydrogen-bond acceptors (Lipinski definition) is 5. The highest BCUT2D eigenvalue weighted by Crippen LogP contribution is 2.24. The van der Waals surface area contributed by atoms with Crippen molar-refractivity contribution in [1.29, 1.82) is 5.41 Å². The average Bonchev–Trinajstić information content (AvgIpc) is 2.77. The molecule has 0 bridgehead atoms. The Hall–Kier alpha value is -3.10. The lowest BCUT2D eigenvalue weighted by molar-refractivity contribution is -0.137. The van der Waals surface area contributed by atoms with Crippen molar-refractivity contribution in [1.82, 2.24) is 4.90 Å². The maximum atomic E-state index is 12.9. The summed E-state index contributed by atoms with van der Waals surface area (Å²) in [4.78, 5) is 26.1. The lowest BCUT2D eigenvalue weighted by Crippen LogP contribution is -2.44. The molecule has 2 aromatic carbocycles. The van der Waals surface area contributed by atoms with Crippen molar-refractivity contribution in [2.24, 2.45) is 5.73 Å². The van der Waals surface area contributed by atoms with Gasteiger partial charge in [0.25, 0.3) is 5.91 Å². The molecule has 0 aromatic heterocycles. The third-order valence-corrected chi connectivity index (χ3v) is 5.81. The number of carbonyl (C=O) groups excluding carboxylic acids is 1. The van der Waals surface area contributed by atoms with Crippen molar-refractivity contribution in [2.45, 2.75) is 31.7 Å². The highest BCUT2D eigenvalue weighted by atomic mass is 35.5. The molecule has 1 fully saturated rings. The number of piperidine rings is 1. The van der Waals surface area contributed by atoms with Crippen LogP contribution in [0.5, 0.6) is 0 Å². The zero-order valence-corrected chi connectivity index (χ0v) is 18.5. The Bertz CT molecular complexity index is 980. The van der Waals surface area contributed by atoms with Gasteiger partial charge in [0, 0.05) is 41.1 Å². The van der Waals surface area contributed by atoms with Gasteiger partial charge in [0.1, 0.15) is 5.84 Å². The topological polar surface area (TPSA) is 132 Å². The van der Waals surface area contributed by atoms with E-state index in [1.165, 1.54) is 0 Å². The Morgan fingerprint density at radius 3 is 2.62 bits per heavy atom. The van der Waals surface area contributed by atoms with Crippen molar-refractivity contribution in [3.63, 3.8) is 0 Å². The quantitative estimate of drug-likeness (QED) is 0.288. The lowest BCUT2D eigenvalue weighted by atomic mass is 10.0. The Morgan fingerprint density at radius 1 is 1.19 bits per heavy atom. The van der Waals surface area contributed by atoms with Crippen LogP contribution in [0.3, 0.4) is 0 Å². The van der Waals surface area contributed by atoms with Gasteiger partial charge in [-0.05, 0) is 61.9 Å². The summed E-state index contributed by atoms with van der Waals surface area (Å²) < 4.78 is 0. The molecular formula is C23H28ClN5O3. The Kier molecular flexibility index (Phi) is 8.08. The van der Waals surface area contributed by atoms with Crippen LogP contribution in [-0.4, -0.2) is 53.4 Å². The summed E-state index contributed by atoms with van der Waals surface area (Å²) in [6, 6.07) is 12.0. The number of carboxylic acids is 1. The maximum Gasteiger partial charge on any atom is 0.304 e. The molecule has 1 heterocycles. The number of halogens is 1. The molecule has 0 spiro atoms. The van der Waals surface area contributed by atoms with Crippen molar-refractivity contribution in [3.05, 3.63) is 58.6 Å². The van der Waals surface area contributed by atoms with Crippen molar-refractivity contribution in [2.75, 3.05) is 30.3 Å². The van der Waals surface area contributed by atoms with E-state index in [9.17, 15) is 9.59 Å². The van der Waals surface area contributed by atoms with Gasteiger partial charge in [0.15, 0.2) is 0 Å². The number of amides is 1. The number of likely N-dealkylation sites (tertiary alicyclic amines) is 1. The van der Waals surface area contributed by atoms with E-state index in [0.29, 0.717) is 40.6 Å². The van der Waals surface area contributed by atoms with E-state index in [1.54, 1.807) is 42.5 Å². The number of nitrogens with zero attached hydrogens (tertiary/aromatic N) is 1. The van der Waals surface area contributed by atoms with E-state index in [0.717, 1.165) is 25.8 Å². The summed E-state index contributed by atoms with van der Waals surface area (Å²) in [5.74, 6) is -1.14. The van der Waals surface area contributed by atoms with Crippen molar-refractivity contribution >= 4 is 40.7 Å². The van der Waals surface area contributed by atoms with Crippen molar-refractivity contribution < 1.29 is 14.7 Å². The fourth-order valence-electron chi connectivity index (χ4n) is 3.84. The molecule has 3 rings (SSSR count). The van der Waals surface area contributed by atoms with Gasteiger partial charge in [0.05, 0.1) is 12.0 Å². The zero-order chi connectivity index (χ0) is 23.1. The van der Waals surface area contributed by atoms with Crippen LogP contribution < -0.4 is 16.4 Å². The number of nitrogens with two attached hydrogens (primary N) is 1. The fourth-order valence-corrected chi connectivity index (χ4v) is 4.01. The van der Waals surface area contributed by atoms with Gasteiger partial charge in [-0.15, -0.1) is 0 Å². The number of benzene rings is 2. The molecule has 1 saturated heterocycles. The molecule has 2 aromatic rings. The SMILES string of the molecule is N=C(N)c1ccc(NC(=O)c2cc(Cl)ccc2NC[C@H]2CCCCN2CCC(=O)O)cc1. The smallest absolute Gasteiger partial charge is 0.304 e. The summed E-state index contributed by atoms with van der Waals surface area (Å²) in [5, 5.41) is 23.1. The lowest BCUT2D eigenvalue weighted by Gasteiger charge is -2.35. The number of nitrogens with one attached hydrogen (secondary N) is 3. The minimum absolute atomic E-state index is 0.0377. The predicted octanol–water partition coefficient (Wildman–Crippen LogP) is 3.62. The maximum absolute atomic E-state index is 12.9. The summed E-state index contributed by atoms with van der Waals surface area (Å²) >= 11 is 6.15. The second-order valence-corrected chi connectivity index (χ2v) is 8.28. The number of nitrogen functional groups attached to an aromatic ring is 1. The Labute approximate surface area is 192 Å². The molecular weight excluding hydrogens is 430 g/mol. The van der Waals surface area contributed by atoms with Crippen LogP contribution in [0.1, 0.15) is 41.6 Å². The minimum Gasteiger partial charge on any atom is -0.481 e. The summed E-state index contributed by atoms with van der Waals surface area (Å²) in [7, 11) is 0. The van der Waals surface area contributed by atoms with Crippen LogP contribution >= 0.6 is 11.6 Å². The molecule has 0 aliphatic carbocycles. The average molecular weight is 458 g/mol. The number of hydrogen-bond donors (Lipinski definition) is 5. The van der Waals surface area contributed by atoms with Crippen LogP contribution in [-0.2, 0) is 4.79 Å². The normalized spacial score (nSPS) is 16.3. The Balaban J connectivity index is 1.69. The molecule has 170 valence electrons. The van der Waals surface area contributed by atoms with Gasteiger partial charge < -0.3 is 21.5 Å². The summed E-state index contributed by atoms with van der Waals surface area (Å²) in [6.45, 7) is 2.00. The predicted molar refractivity (Wildman–Crippen MR) is 127 cm³/mol. The highest BCUT2D eigenvalue weighted by Gasteiger charge is 2.23. The van der Waals surface area contributed by atoms with Crippen LogP contribution in [0.2, 0.25) is 5.02 Å². The van der Waals surface area contributed by atoms with E-state index in [2.05, 4.69) is 15.5 Å². The number of rotatable bonds is 9. The van der Waals surface area contributed by atoms with Crippen LogP contribution in [0.15, 0.2) is 42.5 Å². The second kappa shape index (κ2) is 11.0. The molecule has 8 nitrogen and oxygen atoms in total. The number of anilines is 2. The Morgan fingerprint density at radius 2 is 1.94 bits per heavy atom. The zero-order valence-electron chi connectivity index (χ0n) is 17.7. The summed E-state index contributed by atoms with van der Waals surface area (Å²) in [6.07, 6.45) is 3.25. The van der Waals surface area contributed by atoms with Gasteiger partial charge in [-0.3, -0.25) is 19.9 Å². The van der Waals surface area contributed by atoms with E-state index in [4.69, 9.17) is 27.9 Å². The van der Waals surface area contributed by atoms with Crippen molar-refractivity contribution in [3.8, 4) is 0 Å². The first kappa shape index (κ1) is 23.6. The third-order valence-electron chi connectivity index (χ3n) is 5.57. The monoisotopic (exact) mass is 457 g/mol. The van der Waals surface area contributed by atoms with E-state index >= 15 is 0 Å². The third kappa shape index (κ3) is 6.45. The molecule has 1 aliphatic rings. The van der Waals surface area contributed by atoms with Crippen LogP contribution in [0.4, 0.5) is 11.4 Å². The molecule has 0 saturated carbocycles. The number of carboxylic acid groups (broad SMARTS) is 1. The van der Waals surface area contributed by atoms with E-state index in [-0.39, 0.29) is 24.2 Å². The standard InChI is InChI=1S/C23H28ClN5O3/c24-16-6-9-20(27-14-18-3-1-2-11-29(18)12-10-21(30)31)19(13-16)23(32)28-17-7-4-15(5-8-17)22(25)26/h4-9,13,18,27H,1-3,10-12,14H2,(H3,25,26)(H,28,32)(H,30,31)/t18-/m1/s1. The first-order valence-corrected chi connectivity index (χ1v) is 11.0. The van der Waals surface area contributed by atoms with Gasteiger partial charge in [0.2, 0.25) is 0 Å². The minimum atomic E-state index is -0.796. The van der Waals surface area contributed by atoms with Gasteiger partial charge in [-0.1, -0.05) is 18.0 Å². The van der Waals surface area contributed by atoms with Gasteiger partial charge in [-0.25, -0.2) is 0 Å². The fraction of sp³-hybridized carbons (Fsp3) is 0.348. The largest absolute Gasteiger partial charge is 0.481 e. The second-order valence-electron chi connectivity index (χ2n) is 7.85. The molecule has 1 amide bonds. The molecule has 32 heavy (non-hydrogen) atoms. The molecule has 1 aliphatic heterocycles. The summed E-state index contributed by atoms with van der Waals surface area (Å²) in [5.41, 5.74) is 7.71. The van der Waals surface area contributed by atoms with Gasteiger partial charge >= 0.3 is 5.97 Å². The molecule has 6 N–H and O–H groups in total. The number of carbonyl (C=O) groups is 2. The number of aliphatic carboxylic acids is 1. The molecule has 0 unspecified atom stereocenters. The van der Waals surface area contributed by atoms with Gasteiger partial charge in [-0.2, -0.15) is 0 Å². The van der Waals surface area contributed by atoms with E-state index in [1.807, 2.05) is 0 Å². The number of amidine groups is 1. The first-order chi connectivity index (χ1) is 15.3. The first-order valence-electron chi connectivity index (χ1n) is 10.6. The molecule has 1 atom stereocenters. The molecule has 0 radical (unpaired) electrons.